The van der Waals surface area contributed by atoms with Crippen molar-refractivity contribution in [1.29, 1.82) is 0 Å². The average Bonchev–Trinajstić information content (AvgIpc) is 3.61. The Bertz CT molecular complexity index is 1690. The first-order valence-electron chi connectivity index (χ1n) is 13.2. The molecule has 210 valence electrons. The van der Waals surface area contributed by atoms with Crippen LogP contribution in [0.4, 0.5) is 0 Å². The lowest BCUT2D eigenvalue weighted by atomic mass is 9.56. The van der Waals surface area contributed by atoms with Crippen molar-refractivity contribution >= 4 is 84.9 Å². The van der Waals surface area contributed by atoms with Gasteiger partial charge in [-0.15, -0.1) is 34.5 Å². The van der Waals surface area contributed by atoms with Gasteiger partial charge in [0.1, 0.15) is 5.75 Å². The van der Waals surface area contributed by atoms with E-state index in [1.165, 1.54) is 16.2 Å². The molecule has 0 unspecified atom stereocenters. The zero-order valence-corrected chi connectivity index (χ0v) is 25.3. The van der Waals surface area contributed by atoms with E-state index in [-0.39, 0.29) is 36.0 Å². The molecule has 2 aromatic carbocycles. The number of phenolic OH excluding ortho intramolecular Hbond substituents is 1. The number of allylic oxidation sites excluding steroid dienone is 2. The number of benzene rings is 2. The van der Waals surface area contributed by atoms with Gasteiger partial charge in [-0.25, -0.2) is 0 Å². The Morgan fingerprint density at radius 1 is 0.927 bits per heavy atom. The van der Waals surface area contributed by atoms with Gasteiger partial charge in [-0.3, -0.25) is 29.0 Å². The van der Waals surface area contributed by atoms with Gasteiger partial charge in [0, 0.05) is 16.2 Å². The molecule has 3 fully saturated rings. The lowest BCUT2D eigenvalue weighted by Crippen LogP contribution is -2.60. The number of hydrogen-bond acceptors (Lipinski definition) is 6. The number of phenols is 1. The molecule has 0 bridgehead atoms. The molecule has 2 aliphatic carbocycles. The standard InChI is InChI=1S/C30H23BrCl2N2O5S/c31-14-35-27(39)29(32)12-21-19(7-8-20-23(21)26(38)34(25(20)37)13-15-4-3-11-41-15)24(30(29,33)28(35)40)18-9-10-22(36)17-6-2-1-5-16(17)18/h1-7,9-11,20-21,23-24,36H,8,12-14H2/t20-,21+,23-,24-,29+,30-/m0/s1. The van der Waals surface area contributed by atoms with Gasteiger partial charge in [0.15, 0.2) is 9.75 Å². The normalized spacial score (nSPS) is 32.8. The van der Waals surface area contributed by atoms with Gasteiger partial charge in [0.05, 0.1) is 23.8 Å². The van der Waals surface area contributed by atoms with Crippen molar-refractivity contribution in [2.75, 3.05) is 5.45 Å². The minimum Gasteiger partial charge on any atom is -0.507 e. The first-order valence-corrected chi connectivity index (χ1v) is 16.0. The summed E-state index contributed by atoms with van der Waals surface area (Å²) in [5.41, 5.74) is 1.26. The Kier molecular flexibility index (Phi) is 6.22. The lowest BCUT2D eigenvalue weighted by Gasteiger charge is -2.51. The number of carbonyl (C=O) groups excluding carboxylic acids is 4. The largest absolute Gasteiger partial charge is 0.507 e. The van der Waals surface area contributed by atoms with Crippen molar-refractivity contribution < 1.29 is 24.3 Å². The second-order valence-electron chi connectivity index (χ2n) is 11.0. The number of nitrogens with zero attached hydrogens (tertiary/aromatic N) is 2. The molecule has 4 amide bonds. The number of thiophene rings is 1. The summed E-state index contributed by atoms with van der Waals surface area (Å²) < 4.78 is 0. The van der Waals surface area contributed by atoms with Gasteiger partial charge in [0.25, 0.3) is 11.8 Å². The molecule has 7 nitrogen and oxygen atoms in total. The summed E-state index contributed by atoms with van der Waals surface area (Å²) >= 11 is 19.4. The highest BCUT2D eigenvalue weighted by Gasteiger charge is 2.76. The van der Waals surface area contributed by atoms with Crippen LogP contribution in [0.5, 0.6) is 5.75 Å². The Hall–Kier alpha value is -2.72. The van der Waals surface area contributed by atoms with Gasteiger partial charge >= 0.3 is 0 Å². The van der Waals surface area contributed by atoms with Crippen molar-refractivity contribution in [3.05, 3.63) is 76.0 Å². The molecule has 1 aromatic heterocycles. The summed E-state index contributed by atoms with van der Waals surface area (Å²) in [7, 11) is 0. The monoisotopic (exact) mass is 672 g/mol. The lowest BCUT2D eigenvalue weighted by molar-refractivity contribution is -0.141. The number of carbonyl (C=O) groups is 4. The number of halogens is 3. The van der Waals surface area contributed by atoms with Gasteiger partial charge < -0.3 is 5.11 Å². The van der Waals surface area contributed by atoms with E-state index >= 15 is 0 Å². The molecule has 0 spiro atoms. The van der Waals surface area contributed by atoms with Gasteiger partial charge in [-0.1, -0.05) is 64.0 Å². The van der Waals surface area contributed by atoms with Crippen LogP contribution in [0.1, 0.15) is 29.2 Å². The van der Waals surface area contributed by atoms with E-state index in [4.69, 9.17) is 23.2 Å². The van der Waals surface area contributed by atoms with E-state index in [0.29, 0.717) is 22.8 Å². The quantitative estimate of drug-likeness (QED) is 0.170. The van der Waals surface area contributed by atoms with E-state index in [1.54, 1.807) is 24.3 Å². The summed E-state index contributed by atoms with van der Waals surface area (Å²) in [5, 5.41) is 13.7. The second kappa shape index (κ2) is 9.39. The minimum atomic E-state index is -1.89. The molecule has 11 heteroatoms. The fourth-order valence-electron chi connectivity index (χ4n) is 7.44. The fraction of sp³-hybridized carbons (Fsp3) is 0.333. The second-order valence-corrected chi connectivity index (χ2v) is 13.8. The number of rotatable bonds is 4. The van der Waals surface area contributed by atoms with E-state index in [1.807, 2.05) is 35.7 Å². The SMILES string of the molecule is O=C1[C@H]2[C@H](CC=C3[C@H]2C[C@@]2(Cl)C(=O)N(CBr)C(=O)[C@@]2(Cl)[C@H]3c2ccc(O)c3ccccc23)C(=O)N1Cc1cccs1. The third-order valence-corrected chi connectivity index (χ3v) is 12.0. The van der Waals surface area contributed by atoms with Crippen LogP contribution in [-0.4, -0.2) is 53.7 Å². The number of aromatic hydroxyl groups is 1. The highest BCUT2D eigenvalue weighted by Crippen LogP contribution is 2.66. The number of likely N-dealkylation sites (tertiary alicyclic amines) is 2. The summed E-state index contributed by atoms with van der Waals surface area (Å²) in [5.74, 6) is -4.51. The van der Waals surface area contributed by atoms with Crippen molar-refractivity contribution in [2.45, 2.75) is 35.1 Å². The molecule has 0 radical (unpaired) electrons. The number of hydrogen-bond donors (Lipinski definition) is 1. The third kappa shape index (κ3) is 3.49. The molecular formula is C30H23BrCl2N2O5S. The molecule has 2 aliphatic heterocycles. The zero-order chi connectivity index (χ0) is 28.8. The maximum absolute atomic E-state index is 14.0. The summed E-state index contributed by atoms with van der Waals surface area (Å²) in [6, 6.07) is 14.2. The third-order valence-electron chi connectivity index (χ3n) is 9.25. The van der Waals surface area contributed by atoms with Gasteiger partial charge in [-0.05, 0) is 47.2 Å². The molecular weight excluding hydrogens is 651 g/mol. The molecule has 1 saturated carbocycles. The molecule has 4 aliphatic rings. The molecule has 7 rings (SSSR count). The van der Waals surface area contributed by atoms with Crippen molar-refractivity contribution in [3.63, 3.8) is 0 Å². The highest BCUT2D eigenvalue weighted by atomic mass is 79.9. The van der Waals surface area contributed by atoms with Crippen LogP contribution in [0.15, 0.2) is 65.6 Å². The molecule has 6 atom stereocenters. The Balaban J connectivity index is 1.42. The Morgan fingerprint density at radius 3 is 2.39 bits per heavy atom. The van der Waals surface area contributed by atoms with Crippen LogP contribution in [0, 0.1) is 17.8 Å². The fourth-order valence-corrected chi connectivity index (χ4v) is 9.55. The predicted molar refractivity (Wildman–Crippen MR) is 159 cm³/mol. The van der Waals surface area contributed by atoms with E-state index in [9.17, 15) is 24.3 Å². The van der Waals surface area contributed by atoms with Gasteiger partial charge in [-0.2, -0.15) is 0 Å². The van der Waals surface area contributed by atoms with Crippen molar-refractivity contribution in [1.82, 2.24) is 9.80 Å². The first kappa shape index (κ1) is 27.1. The van der Waals surface area contributed by atoms with Crippen LogP contribution >= 0.6 is 50.5 Å². The zero-order valence-electron chi connectivity index (χ0n) is 21.4. The maximum atomic E-state index is 14.0. The van der Waals surface area contributed by atoms with E-state index in [2.05, 4.69) is 15.9 Å². The van der Waals surface area contributed by atoms with E-state index < -0.39 is 45.2 Å². The van der Waals surface area contributed by atoms with E-state index in [0.717, 1.165) is 15.4 Å². The highest BCUT2D eigenvalue weighted by molar-refractivity contribution is 9.09. The predicted octanol–water partition coefficient (Wildman–Crippen LogP) is 5.52. The average molecular weight is 674 g/mol. The van der Waals surface area contributed by atoms with Crippen LogP contribution in [-0.2, 0) is 25.7 Å². The summed E-state index contributed by atoms with van der Waals surface area (Å²) in [6.45, 7) is 0.191. The molecule has 3 aromatic rings. The van der Waals surface area contributed by atoms with Crippen LogP contribution in [0.2, 0.25) is 0 Å². The van der Waals surface area contributed by atoms with Crippen molar-refractivity contribution in [3.8, 4) is 5.75 Å². The van der Waals surface area contributed by atoms with Gasteiger partial charge in [0.2, 0.25) is 11.8 Å². The molecule has 2 saturated heterocycles. The number of amides is 4. The van der Waals surface area contributed by atoms with Crippen LogP contribution in [0.25, 0.3) is 10.8 Å². The molecule has 1 N–H and O–H groups in total. The topological polar surface area (TPSA) is 95.0 Å². The summed E-state index contributed by atoms with van der Waals surface area (Å²) in [6.07, 6.45) is 2.17. The number of alkyl halides is 3. The first-order chi connectivity index (χ1) is 19.6. The van der Waals surface area contributed by atoms with Crippen molar-refractivity contribution in [2.24, 2.45) is 17.8 Å². The minimum absolute atomic E-state index is 0.0580. The Morgan fingerprint density at radius 2 is 1.68 bits per heavy atom. The maximum Gasteiger partial charge on any atom is 0.254 e. The summed E-state index contributed by atoms with van der Waals surface area (Å²) in [4.78, 5) is 54.8. The molecule has 41 heavy (non-hydrogen) atoms. The number of imide groups is 2. The number of fused-ring (bicyclic) bond motifs is 5. The van der Waals surface area contributed by atoms with Crippen LogP contribution < -0.4 is 0 Å². The molecule has 3 heterocycles. The smallest absolute Gasteiger partial charge is 0.254 e. The van der Waals surface area contributed by atoms with Crippen LogP contribution in [0.3, 0.4) is 0 Å². The Labute approximate surface area is 257 Å².